The monoisotopic (exact) mass is 143 g/mol. The molecule has 6 heteroatoms. The molecule has 0 aliphatic carbocycles. The molecule has 0 aromatic carbocycles. The van der Waals surface area contributed by atoms with Crippen LogP contribution in [-0.2, 0) is 0 Å². The molecule has 54 valence electrons. The first-order valence-corrected chi connectivity index (χ1v) is 2.43. The first-order valence-electron chi connectivity index (χ1n) is 2.43. The summed E-state index contributed by atoms with van der Waals surface area (Å²) in [5.41, 5.74) is 1.33. The Morgan fingerprint density at radius 3 is 2.90 bits per heavy atom. The summed E-state index contributed by atoms with van der Waals surface area (Å²) in [6, 6.07) is 1.00. The molecule has 0 aliphatic rings. The molecule has 1 rings (SSSR count). The van der Waals surface area contributed by atoms with E-state index in [0.29, 0.717) is 0 Å². The van der Waals surface area contributed by atoms with Gasteiger partial charge in [0.15, 0.2) is 0 Å². The number of H-pyrrole nitrogens is 1. The lowest BCUT2D eigenvalue weighted by Gasteiger charge is -1.88. The molecule has 0 spiro atoms. The summed E-state index contributed by atoms with van der Waals surface area (Å²) in [4.78, 5) is 20.9. The Bertz CT molecular complexity index is 286. The van der Waals surface area contributed by atoms with E-state index >= 15 is 0 Å². The van der Waals surface area contributed by atoms with Crippen LogP contribution in [0.3, 0.4) is 0 Å². The van der Waals surface area contributed by atoms with Gasteiger partial charge in [-0.25, -0.2) is 5.84 Å². The maximum absolute atomic E-state index is 10.5. The Morgan fingerprint density at radius 2 is 2.50 bits per heavy atom. The van der Waals surface area contributed by atoms with Crippen LogP contribution >= 0.6 is 0 Å². The van der Waals surface area contributed by atoms with Crippen molar-refractivity contribution in [3.05, 3.63) is 22.2 Å². The number of nitrogen functional groups attached to an aromatic ring is 1. The molecule has 1 heterocycles. The molecule has 0 bridgehead atoms. The van der Waals surface area contributed by atoms with Crippen LogP contribution < -0.4 is 16.8 Å². The van der Waals surface area contributed by atoms with Crippen LogP contribution in [0.2, 0.25) is 0 Å². The van der Waals surface area contributed by atoms with Gasteiger partial charge in [0.1, 0.15) is 0 Å². The van der Waals surface area contributed by atoms with Crippen LogP contribution in [0, 0.1) is 0 Å². The van der Waals surface area contributed by atoms with E-state index in [1.807, 2.05) is 5.16 Å². The normalized spacial score (nSPS) is 9.30. The number of hydrazine groups is 1. The summed E-state index contributed by atoms with van der Waals surface area (Å²) in [5.74, 6) is 3.97. The maximum Gasteiger partial charge on any atom is 0.303 e. The lowest BCUT2D eigenvalue weighted by atomic mass is 10.4. The van der Waals surface area contributed by atoms with E-state index in [4.69, 9.17) is 5.84 Å². The van der Waals surface area contributed by atoms with Gasteiger partial charge in [0.2, 0.25) is 5.76 Å². The van der Waals surface area contributed by atoms with E-state index < -0.39 is 11.5 Å². The molecule has 1 aromatic rings. The summed E-state index contributed by atoms with van der Waals surface area (Å²) < 4.78 is 4.39. The predicted octanol–water partition coefficient (Wildman–Crippen LogP) is -1.43. The van der Waals surface area contributed by atoms with Crippen molar-refractivity contribution in [2.45, 2.75) is 0 Å². The molecule has 0 atom stereocenters. The number of aromatic amines is 1. The highest BCUT2D eigenvalue weighted by atomic mass is 16.5. The third-order valence-corrected chi connectivity index (χ3v) is 0.879. The first-order chi connectivity index (χ1) is 4.74. The Kier molecular flexibility index (Phi) is 1.55. The number of aromatic nitrogens is 1. The third kappa shape index (κ3) is 1.06. The minimum absolute atomic E-state index is 0.132. The van der Waals surface area contributed by atoms with Gasteiger partial charge in [-0.15, -0.1) is 0 Å². The fourth-order valence-corrected chi connectivity index (χ4v) is 0.466. The number of nitrogens with two attached hydrogens (primary N) is 1. The summed E-state index contributed by atoms with van der Waals surface area (Å²) >= 11 is 0. The number of carbonyl (C=O) groups excluding carboxylic acids is 1. The summed E-state index contributed by atoms with van der Waals surface area (Å²) in [6.07, 6.45) is 0. The van der Waals surface area contributed by atoms with Crippen LogP contribution in [0.4, 0.5) is 0 Å². The highest BCUT2D eigenvalue weighted by Crippen LogP contribution is 1.88. The smallest absolute Gasteiger partial charge is 0.303 e. The van der Waals surface area contributed by atoms with E-state index in [1.54, 1.807) is 5.43 Å². The van der Waals surface area contributed by atoms with Crippen LogP contribution in [0.1, 0.15) is 10.6 Å². The van der Waals surface area contributed by atoms with Crippen molar-refractivity contribution >= 4 is 5.91 Å². The van der Waals surface area contributed by atoms with E-state index in [-0.39, 0.29) is 5.76 Å². The quantitative estimate of drug-likeness (QED) is 0.255. The average molecular weight is 143 g/mol. The number of nitrogens with one attached hydrogen (secondary N) is 2. The van der Waals surface area contributed by atoms with Crippen LogP contribution in [-0.4, -0.2) is 11.1 Å². The number of rotatable bonds is 1. The minimum atomic E-state index is -0.640. The summed E-state index contributed by atoms with van der Waals surface area (Å²) in [6.45, 7) is 0. The van der Waals surface area contributed by atoms with E-state index in [2.05, 4.69) is 4.52 Å². The zero-order valence-electron chi connectivity index (χ0n) is 4.88. The zero-order valence-corrected chi connectivity index (χ0v) is 4.88. The third-order valence-electron chi connectivity index (χ3n) is 0.879. The molecule has 6 nitrogen and oxygen atoms in total. The van der Waals surface area contributed by atoms with Gasteiger partial charge in [-0.2, -0.15) is 5.16 Å². The van der Waals surface area contributed by atoms with Gasteiger partial charge in [0.25, 0.3) is 5.56 Å². The second-order valence-electron chi connectivity index (χ2n) is 1.55. The van der Waals surface area contributed by atoms with Gasteiger partial charge < -0.3 is 4.52 Å². The van der Waals surface area contributed by atoms with Gasteiger partial charge in [-0.1, -0.05) is 0 Å². The van der Waals surface area contributed by atoms with Crippen molar-refractivity contribution in [2.75, 3.05) is 0 Å². The molecular weight excluding hydrogens is 138 g/mol. The first kappa shape index (κ1) is 6.56. The Morgan fingerprint density at radius 1 is 1.80 bits per heavy atom. The van der Waals surface area contributed by atoms with Crippen molar-refractivity contribution in [3.8, 4) is 0 Å². The largest absolute Gasteiger partial charge is 0.373 e. The fourth-order valence-electron chi connectivity index (χ4n) is 0.466. The second-order valence-corrected chi connectivity index (χ2v) is 1.55. The summed E-state index contributed by atoms with van der Waals surface area (Å²) in [5, 5.41) is 1.94. The lowest BCUT2D eigenvalue weighted by molar-refractivity contribution is 0.0916. The number of carbonyl (C=O) groups is 1. The van der Waals surface area contributed by atoms with Crippen molar-refractivity contribution in [2.24, 2.45) is 5.84 Å². The lowest BCUT2D eigenvalue weighted by Crippen LogP contribution is -2.29. The molecule has 10 heavy (non-hydrogen) atoms. The molecule has 0 aliphatic heterocycles. The van der Waals surface area contributed by atoms with Crippen molar-refractivity contribution in [1.82, 2.24) is 10.6 Å². The molecule has 0 saturated carbocycles. The van der Waals surface area contributed by atoms with Crippen LogP contribution in [0.5, 0.6) is 0 Å². The van der Waals surface area contributed by atoms with Crippen molar-refractivity contribution in [1.29, 1.82) is 0 Å². The van der Waals surface area contributed by atoms with Crippen LogP contribution in [0.15, 0.2) is 15.4 Å². The Balaban J connectivity index is 2.95. The van der Waals surface area contributed by atoms with Gasteiger partial charge in [0, 0.05) is 0 Å². The SMILES string of the molecule is NNC(=O)c1cc(=O)[nH]o1. The van der Waals surface area contributed by atoms with E-state index in [0.717, 1.165) is 6.07 Å². The Labute approximate surface area is 54.9 Å². The molecular formula is C4H5N3O3. The number of hydrogen-bond donors (Lipinski definition) is 3. The maximum atomic E-state index is 10.5. The molecule has 0 radical (unpaired) electrons. The summed E-state index contributed by atoms with van der Waals surface area (Å²) in [7, 11) is 0. The van der Waals surface area contributed by atoms with Gasteiger partial charge in [-0.05, 0) is 0 Å². The van der Waals surface area contributed by atoms with Gasteiger partial charge in [0.05, 0.1) is 6.07 Å². The topological polar surface area (TPSA) is 101 Å². The fraction of sp³-hybridized carbons (Fsp3) is 0. The average Bonchev–Trinajstić information content (AvgIpc) is 2.34. The van der Waals surface area contributed by atoms with Gasteiger partial charge >= 0.3 is 5.91 Å². The molecule has 4 N–H and O–H groups in total. The molecule has 0 fully saturated rings. The molecule has 1 aromatic heterocycles. The molecule has 1 amide bonds. The zero-order chi connectivity index (χ0) is 7.56. The number of hydrogen-bond acceptors (Lipinski definition) is 4. The Hall–Kier alpha value is -1.56. The second kappa shape index (κ2) is 2.36. The highest BCUT2D eigenvalue weighted by Gasteiger charge is 2.07. The van der Waals surface area contributed by atoms with Crippen molar-refractivity contribution in [3.63, 3.8) is 0 Å². The number of amides is 1. The van der Waals surface area contributed by atoms with E-state index in [1.165, 1.54) is 0 Å². The predicted molar refractivity (Wildman–Crippen MR) is 31.0 cm³/mol. The molecule has 0 saturated heterocycles. The van der Waals surface area contributed by atoms with E-state index in [9.17, 15) is 9.59 Å². The van der Waals surface area contributed by atoms with Gasteiger partial charge in [-0.3, -0.25) is 15.0 Å². The highest BCUT2D eigenvalue weighted by molar-refractivity contribution is 5.90. The standard InChI is InChI=1S/C4H5N3O3/c5-6-4(9)2-1-3(8)7-10-2/h1H,5H2,(H,6,9)(H,7,8). The van der Waals surface area contributed by atoms with Crippen LogP contribution in [0.25, 0.3) is 0 Å². The van der Waals surface area contributed by atoms with Crippen molar-refractivity contribution < 1.29 is 9.32 Å². The molecule has 0 unspecified atom stereocenters. The minimum Gasteiger partial charge on any atom is -0.373 e.